The molecule has 2 N–H and O–H groups in total. The van der Waals surface area contributed by atoms with E-state index in [2.05, 4.69) is 4.98 Å². The SMILES string of the molecule is CCOc1ccc(C(O)=C2C(=O)C(=O)N(CCC[n+]3cc[nH]c3)C2c2ccccc2F)cc1Cl. The number of benzene rings is 2. The van der Waals surface area contributed by atoms with Gasteiger partial charge in [0.1, 0.15) is 29.7 Å². The predicted molar refractivity (Wildman–Crippen MR) is 124 cm³/mol. The quantitative estimate of drug-likeness (QED) is 0.219. The second kappa shape index (κ2) is 10.1. The van der Waals surface area contributed by atoms with E-state index in [1.807, 2.05) is 17.7 Å². The summed E-state index contributed by atoms with van der Waals surface area (Å²) in [4.78, 5) is 30.3. The molecular weight excluding hydrogens is 461 g/mol. The number of aryl methyl sites for hydroxylation is 1. The maximum atomic E-state index is 14.9. The third-order valence-corrected chi connectivity index (χ3v) is 5.96. The number of aromatic amines is 1. The average Bonchev–Trinajstić information content (AvgIpc) is 3.43. The van der Waals surface area contributed by atoms with Gasteiger partial charge in [0.25, 0.3) is 11.7 Å². The molecular formula is C25H24ClFN3O4+. The standard InChI is InChI=1S/C25H23ClFN3O4/c1-2-34-20-9-8-16(14-18(20)26)23(31)21-22(17-6-3-4-7-19(17)27)30(25(33)24(21)32)12-5-11-29-13-10-28-15-29/h3-4,6-10,13-15,22H,2,5,11-12H2,1H3,(H,31,32)/p+1. The molecule has 1 atom stereocenters. The second-order valence-corrected chi connectivity index (χ2v) is 8.20. The van der Waals surface area contributed by atoms with Crippen LogP contribution in [0.15, 0.2) is 66.8 Å². The number of imidazole rings is 1. The number of hydrogen-bond donors (Lipinski definition) is 2. The van der Waals surface area contributed by atoms with E-state index in [1.165, 1.54) is 29.2 Å². The van der Waals surface area contributed by atoms with E-state index in [0.717, 1.165) is 0 Å². The summed E-state index contributed by atoms with van der Waals surface area (Å²) in [5.74, 6) is -2.22. The number of ketones is 1. The van der Waals surface area contributed by atoms with Crippen molar-refractivity contribution < 1.29 is 28.4 Å². The highest BCUT2D eigenvalue weighted by atomic mass is 35.5. The molecule has 9 heteroatoms. The normalized spacial score (nSPS) is 17.4. The number of aliphatic hydroxyl groups is 1. The van der Waals surface area contributed by atoms with Crippen LogP contribution in [0.5, 0.6) is 5.75 Å². The number of carbonyl (C=O) groups is 2. The summed E-state index contributed by atoms with van der Waals surface area (Å²) in [7, 11) is 0. The minimum atomic E-state index is -1.07. The van der Waals surface area contributed by atoms with Crippen molar-refractivity contribution in [3.63, 3.8) is 0 Å². The van der Waals surface area contributed by atoms with Crippen LogP contribution in [0.3, 0.4) is 0 Å². The highest BCUT2D eigenvalue weighted by Crippen LogP contribution is 2.41. The van der Waals surface area contributed by atoms with Crippen LogP contribution in [0.2, 0.25) is 5.02 Å². The van der Waals surface area contributed by atoms with Crippen LogP contribution in [-0.4, -0.2) is 39.8 Å². The van der Waals surface area contributed by atoms with E-state index in [4.69, 9.17) is 16.3 Å². The summed E-state index contributed by atoms with van der Waals surface area (Å²) >= 11 is 6.26. The fourth-order valence-corrected chi connectivity index (χ4v) is 4.33. The van der Waals surface area contributed by atoms with Gasteiger partial charge in [-0.15, -0.1) is 0 Å². The number of likely N-dealkylation sites (tertiary alicyclic amines) is 1. The molecule has 0 aliphatic carbocycles. The zero-order valence-electron chi connectivity index (χ0n) is 18.5. The molecule has 0 spiro atoms. The van der Waals surface area contributed by atoms with E-state index >= 15 is 0 Å². The summed E-state index contributed by atoms with van der Waals surface area (Å²) in [6.07, 6.45) is 5.92. The van der Waals surface area contributed by atoms with Gasteiger partial charge in [-0.05, 0) is 31.2 Å². The zero-order chi connectivity index (χ0) is 24.2. The fourth-order valence-electron chi connectivity index (χ4n) is 4.09. The number of ether oxygens (including phenoxy) is 1. The molecule has 0 bridgehead atoms. The Morgan fingerprint density at radius 2 is 2.06 bits per heavy atom. The first-order valence-electron chi connectivity index (χ1n) is 10.9. The van der Waals surface area contributed by atoms with Gasteiger partial charge in [0.2, 0.25) is 6.33 Å². The Hall–Kier alpha value is -3.65. The summed E-state index contributed by atoms with van der Waals surface area (Å²) in [5.41, 5.74) is 0.190. The number of nitrogens with zero attached hydrogens (tertiary/aromatic N) is 2. The average molecular weight is 485 g/mol. The lowest BCUT2D eigenvalue weighted by Gasteiger charge is -2.25. The van der Waals surface area contributed by atoms with Crippen LogP contribution >= 0.6 is 11.6 Å². The molecule has 2 aromatic carbocycles. The van der Waals surface area contributed by atoms with Crippen LogP contribution in [0.25, 0.3) is 5.76 Å². The van der Waals surface area contributed by atoms with Crippen molar-refractivity contribution >= 4 is 29.1 Å². The number of carbonyl (C=O) groups excluding carboxylic acids is 2. The van der Waals surface area contributed by atoms with Crippen molar-refractivity contribution in [2.24, 2.45) is 0 Å². The molecule has 4 rings (SSSR count). The Bertz CT molecular complexity index is 1240. The molecule has 1 fully saturated rings. The van der Waals surface area contributed by atoms with E-state index in [0.29, 0.717) is 25.3 Å². The lowest BCUT2D eigenvalue weighted by atomic mass is 9.95. The highest BCUT2D eigenvalue weighted by Gasteiger charge is 2.46. The number of amides is 1. The summed E-state index contributed by atoms with van der Waals surface area (Å²) in [6.45, 7) is 3.01. The van der Waals surface area contributed by atoms with E-state index in [9.17, 15) is 19.1 Å². The van der Waals surface area contributed by atoms with Gasteiger partial charge >= 0.3 is 0 Å². The smallest absolute Gasteiger partial charge is 0.295 e. The maximum Gasteiger partial charge on any atom is 0.295 e. The molecule has 0 saturated carbocycles. The number of rotatable bonds is 8. The van der Waals surface area contributed by atoms with Gasteiger partial charge in [-0.1, -0.05) is 29.8 Å². The van der Waals surface area contributed by atoms with Crippen molar-refractivity contribution in [3.8, 4) is 5.75 Å². The molecule has 3 aromatic rings. The first-order valence-corrected chi connectivity index (χ1v) is 11.3. The van der Waals surface area contributed by atoms with Crippen LogP contribution < -0.4 is 9.30 Å². The van der Waals surface area contributed by atoms with Gasteiger partial charge in [-0.3, -0.25) is 14.6 Å². The van der Waals surface area contributed by atoms with Gasteiger partial charge in [-0.2, -0.15) is 0 Å². The maximum absolute atomic E-state index is 14.9. The lowest BCUT2D eigenvalue weighted by molar-refractivity contribution is -0.695. The topological polar surface area (TPSA) is 86.5 Å². The second-order valence-electron chi connectivity index (χ2n) is 7.80. The number of aliphatic hydroxyl groups excluding tert-OH is 1. The number of hydrogen-bond acceptors (Lipinski definition) is 4. The zero-order valence-corrected chi connectivity index (χ0v) is 19.3. The van der Waals surface area contributed by atoms with Crippen molar-refractivity contribution in [1.82, 2.24) is 9.88 Å². The monoisotopic (exact) mass is 484 g/mol. The van der Waals surface area contributed by atoms with Crippen LogP contribution in [0.1, 0.15) is 30.5 Å². The highest BCUT2D eigenvalue weighted by molar-refractivity contribution is 6.46. The Kier molecular flexibility index (Phi) is 6.98. The predicted octanol–water partition coefficient (Wildman–Crippen LogP) is 4.01. The third-order valence-electron chi connectivity index (χ3n) is 5.66. The number of halogens is 2. The Balaban J connectivity index is 1.75. The van der Waals surface area contributed by atoms with Crippen molar-refractivity contribution in [1.29, 1.82) is 0 Å². The molecule has 1 saturated heterocycles. The molecule has 1 aliphatic heterocycles. The van der Waals surface area contributed by atoms with Gasteiger partial charge in [0, 0.05) is 24.1 Å². The third kappa shape index (κ3) is 4.54. The molecule has 7 nitrogen and oxygen atoms in total. The molecule has 0 radical (unpaired) electrons. The van der Waals surface area contributed by atoms with E-state index in [1.54, 1.807) is 30.7 Å². The Morgan fingerprint density at radius 1 is 1.26 bits per heavy atom. The molecule has 1 unspecified atom stereocenters. The molecule has 34 heavy (non-hydrogen) atoms. The Labute approximate surface area is 201 Å². The minimum absolute atomic E-state index is 0.134. The molecule has 1 amide bonds. The van der Waals surface area contributed by atoms with E-state index < -0.39 is 29.3 Å². The van der Waals surface area contributed by atoms with Crippen LogP contribution in [-0.2, 0) is 16.1 Å². The van der Waals surface area contributed by atoms with Crippen molar-refractivity contribution in [2.75, 3.05) is 13.2 Å². The summed E-state index contributed by atoms with van der Waals surface area (Å²) < 4.78 is 22.2. The number of nitrogens with one attached hydrogen (secondary N) is 1. The first-order chi connectivity index (χ1) is 16.4. The van der Waals surface area contributed by atoms with Crippen molar-refractivity contribution in [2.45, 2.75) is 25.9 Å². The van der Waals surface area contributed by atoms with Gasteiger partial charge in [0.05, 0.1) is 29.8 Å². The van der Waals surface area contributed by atoms with Gasteiger partial charge < -0.3 is 14.7 Å². The molecule has 176 valence electrons. The molecule has 1 aromatic heterocycles. The number of H-pyrrole nitrogens is 1. The fraction of sp³-hybridized carbons (Fsp3) is 0.240. The van der Waals surface area contributed by atoms with Crippen molar-refractivity contribution in [3.05, 3.63) is 88.7 Å². The molecule has 2 heterocycles. The van der Waals surface area contributed by atoms with Gasteiger partial charge in [0.15, 0.2) is 0 Å². The summed E-state index contributed by atoms with van der Waals surface area (Å²) in [6, 6.07) is 9.43. The van der Waals surface area contributed by atoms with Crippen LogP contribution in [0.4, 0.5) is 4.39 Å². The largest absolute Gasteiger partial charge is 0.507 e. The first kappa shape index (κ1) is 23.5. The number of Topliss-reactive ketones (excluding diaryl/α,β-unsaturated/α-hetero) is 1. The lowest BCUT2D eigenvalue weighted by Crippen LogP contribution is -2.36. The van der Waals surface area contributed by atoms with E-state index in [-0.39, 0.29) is 28.3 Å². The Morgan fingerprint density at radius 3 is 2.74 bits per heavy atom. The van der Waals surface area contributed by atoms with Crippen LogP contribution in [0, 0.1) is 5.82 Å². The number of aromatic nitrogens is 2. The molecule has 1 aliphatic rings. The summed E-state index contributed by atoms with van der Waals surface area (Å²) in [5, 5.41) is 11.4. The van der Waals surface area contributed by atoms with Gasteiger partial charge in [-0.25, -0.2) is 8.96 Å². The minimum Gasteiger partial charge on any atom is -0.507 e.